The van der Waals surface area contributed by atoms with Crippen molar-refractivity contribution in [2.45, 2.75) is 47.9 Å². The van der Waals surface area contributed by atoms with Gasteiger partial charge in [-0.1, -0.05) is 37.5 Å². The number of hydrogen-bond acceptors (Lipinski definition) is 6. The Hall–Kier alpha value is -2.31. The van der Waals surface area contributed by atoms with E-state index in [4.69, 9.17) is 4.74 Å². The van der Waals surface area contributed by atoms with E-state index >= 15 is 0 Å². The van der Waals surface area contributed by atoms with Crippen molar-refractivity contribution in [1.82, 2.24) is 8.61 Å². The lowest BCUT2D eigenvalue weighted by Gasteiger charge is -2.30. The van der Waals surface area contributed by atoms with Crippen LogP contribution in [0.25, 0.3) is 0 Å². The molecule has 190 valence electrons. The molecular weight excluding hydrogens is 490 g/mol. The Morgan fingerprint density at radius 3 is 2.37 bits per heavy atom. The number of ether oxygens (including phenoxy) is 1. The molecule has 1 amide bonds. The van der Waals surface area contributed by atoms with Gasteiger partial charge < -0.3 is 10.1 Å². The van der Waals surface area contributed by atoms with Gasteiger partial charge in [0.25, 0.3) is 5.91 Å². The zero-order chi connectivity index (χ0) is 25.1. The molecule has 2 fully saturated rings. The standard InChI is InChI=1S/C24H31N3O6S2/c1-26(20-9-3-2-4-10-20)35(31,32)23-13-6-5-12-22(23)25-24(28)19-8-7-11-21(18-19)34(29,30)27-14-16-33-17-15-27/h5-8,11-13,18,20H,2-4,9-10,14-17H2,1H3,(H,25,28). The summed E-state index contributed by atoms with van der Waals surface area (Å²) in [6.45, 7) is 1.14. The number of para-hydroxylation sites is 1. The van der Waals surface area contributed by atoms with Gasteiger partial charge in [-0.25, -0.2) is 16.8 Å². The number of anilines is 1. The fourth-order valence-electron chi connectivity index (χ4n) is 4.52. The van der Waals surface area contributed by atoms with Gasteiger partial charge in [0, 0.05) is 31.7 Å². The third-order valence-electron chi connectivity index (χ3n) is 6.59. The second kappa shape index (κ2) is 10.8. The molecule has 2 aromatic carbocycles. The molecular formula is C24H31N3O6S2. The minimum atomic E-state index is -3.84. The van der Waals surface area contributed by atoms with Gasteiger partial charge in [-0.3, -0.25) is 4.79 Å². The monoisotopic (exact) mass is 521 g/mol. The summed E-state index contributed by atoms with van der Waals surface area (Å²) >= 11 is 0. The molecule has 35 heavy (non-hydrogen) atoms. The van der Waals surface area contributed by atoms with Crippen LogP contribution in [0.2, 0.25) is 0 Å². The van der Waals surface area contributed by atoms with Crippen LogP contribution in [0.4, 0.5) is 5.69 Å². The second-order valence-electron chi connectivity index (χ2n) is 8.81. The molecule has 1 saturated carbocycles. The minimum Gasteiger partial charge on any atom is -0.379 e. The van der Waals surface area contributed by atoms with Gasteiger partial charge in [0.15, 0.2) is 0 Å². The van der Waals surface area contributed by atoms with E-state index < -0.39 is 26.0 Å². The number of amides is 1. The fourth-order valence-corrected chi connectivity index (χ4v) is 7.53. The molecule has 1 heterocycles. The van der Waals surface area contributed by atoms with E-state index in [-0.39, 0.29) is 40.2 Å². The van der Waals surface area contributed by atoms with Crippen LogP contribution in [0, 0.1) is 0 Å². The molecule has 0 unspecified atom stereocenters. The van der Waals surface area contributed by atoms with E-state index in [2.05, 4.69) is 5.32 Å². The zero-order valence-corrected chi connectivity index (χ0v) is 21.4. The average molecular weight is 522 g/mol. The minimum absolute atomic E-state index is 0.00462. The molecule has 9 nitrogen and oxygen atoms in total. The number of benzene rings is 2. The Balaban J connectivity index is 1.57. The molecule has 1 N–H and O–H groups in total. The van der Waals surface area contributed by atoms with Gasteiger partial charge in [0.05, 0.1) is 23.8 Å². The third kappa shape index (κ3) is 5.59. The first-order valence-corrected chi connectivity index (χ1v) is 14.7. The molecule has 2 aromatic rings. The van der Waals surface area contributed by atoms with Gasteiger partial charge in [-0.2, -0.15) is 8.61 Å². The number of morpholine rings is 1. The van der Waals surface area contributed by atoms with E-state index in [9.17, 15) is 21.6 Å². The molecule has 11 heteroatoms. The maximum Gasteiger partial charge on any atom is 0.255 e. The van der Waals surface area contributed by atoms with Gasteiger partial charge in [0.2, 0.25) is 20.0 Å². The van der Waals surface area contributed by atoms with Crippen molar-refractivity contribution in [3.05, 3.63) is 54.1 Å². The van der Waals surface area contributed by atoms with Crippen molar-refractivity contribution >= 4 is 31.6 Å². The molecule has 1 aliphatic heterocycles. The fraction of sp³-hybridized carbons (Fsp3) is 0.458. The van der Waals surface area contributed by atoms with Crippen molar-refractivity contribution in [2.75, 3.05) is 38.7 Å². The van der Waals surface area contributed by atoms with Crippen LogP contribution in [0.15, 0.2) is 58.3 Å². The number of rotatable bonds is 7. The van der Waals surface area contributed by atoms with E-state index in [1.165, 1.54) is 45.0 Å². The maximum absolute atomic E-state index is 13.4. The van der Waals surface area contributed by atoms with Crippen LogP contribution in [0.5, 0.6) is 0 Å². The van der Waals surface area contributed by atoms with Crippen LogP contribution in [-0.2, 0) is 24.8 Å². The summed E-state index contributed by atoms with van der Waals surface area (Å²) in [6, 6.07) is 12.0. The van der Waals surface area contributed by atoms with E-state index in [0.29, 0.717) is 13.2 Å². The highest BCUT2D eigenvalue weighted by molar-refractivity contribution is 7.89. The molecule has 0 aromatic heterocycles. The lowest BCUT2D eigenvalue weighted by molar-refractivity contribution is 0.0730. The first kappa shape index (κ1) is 25.8. The molecule has 4 rings (SSSR count). The van der Waals surface area contributed by atoms with E-state index in [1.54, 1.807) is 19.2 Å². The van der Waals surface area contributed by atoms with E-state index in [0.717, 1.165) is 32.1 Å². The molecule has 1 aliphatic carbocycles. The van der Waals surface area contributed by atoms with E-state index in [1.807, 2.05) is 0 Å². The summed E-state index contributed by atoms with van der Waals surface area (Å²) in [5.41, 5.74) is 0.272. The summed E-state index contributed by atoms with van der Waals surface area (Å²) in [4.78, 5) is 13.1. The molecule has 0 spiro atoms. The van der Waals surface area contributed by atoms with Gasteiger partial charge in [0.1, 0.15) is 4.90 Å². The molecule has 0 atom stereocenters. The number of sulfonamides is 2. The van der Waals surface area contributed by atoms with Gasteiger partial charge in [-0.05, 0) is 43.2 Å². The predicted molar refractivity (Wildman–Crippen MR) is 132 cm³/mol. The van der Waals surface area contributed by atoms with Crippen LogP contribution in [0.1, 0.15) is 42.5 Å². The molecule has 0 bridgehead atoms. The Bertz CT molecular complexity index is 1270. The first-order valence-electron chi connectivity index (χ1n) is 11.8. The summed E-state index contributed by atoms with van der Waals surface area (Å²) < 4.78 is 60.8. The molecule has 1 saturated heterocycles. The van der Waals surface area contributed by atoms with Crippen molar-refractivity contribution in [2.24, 2.45) is 0 Å². The first-order chi connectivity index (χ1) is 16.7. The Morgan fingerprint density at radius 1 is 0.971 bits per heavy atom. The molecule has 0 radical (unpaired) electrons. The Kier molecular flexibility index (Phi) is 7.92. The summed E-state index contributed by atoms with van der Waals surface area (Å²) in [5, 5.41) is 2.68. The Morgan fingerprint density at radius 2 is 1.66 bits per heavy atom. The maximum atomic E-state index is 13.4. The highest BCUT2D eigenvalue weighted by Crippen LogP contribution is 2.30. The topological polar surface area (TPSA) is 113 Å². The lowest BCUT2D eigenvalue weighted by atomic mass is 9.96. The Labute approximate surface area is 207 Å². The van der Waals surface area contributed by atoms with Crippen LogP contribution in [-0.4, -0.2) is 70.7 Å². The van der Waals surface area contributed by atoms with Crippen molar-refractivity contribution < 1.29 is 26.4 Å². The summed E-state index contributed by atoms with van der Waals surface area (Å²) in [7, 11) is -6.03. The van der Waals surface area contributed by atoms with Crippen molar-refractivity contribution in [1.29, 1.82) is 0 Å². The zero-order valence-electron chi connectivity index (χ0n) is 19.7. The van der Waals surface area contributed by atoms with Crippen LogP contribution < -0.4 is 5.32 Å². The van der Waals surface area contributed by atoms with Crippen LogP contribution in [0.3, 0.4) is 0 Å². The number of carbonyl (C=O) groups excluding carboxylic acids is 1. The lowest BCUT2D eigenvalue weighted by Crippen LogP contribution is -2.40. The number of hydrogen-bond donors (Lipinski definition) is 1. The second-order valence-corrected chi connectivity index (χ2v) is 12.7. The average Bonchev–Trinajstić information content (AvgIpc) is 2.89. The van der Waals surface area contributed by atoms with Crippen LogP contribution >= 0.6 is 0 Å². The summed E-state index contributed by atoms with van der Waals surface area (Å²) in [6.07, 6.45) is 4.72. The number of nitrogens with zero attached hydrogens (tertiary/aromatic N) is 2. The van der Waals surface area contributed by atoms with Gasteiger partial charge >= 0.3 is 0 Å². The largest absolute Gasteiger partial charge is 0.379 e. The number of nitrogens with one attached hydrogen (secondary N) is 1. The van der Waals surface area contributed by atoms with Crippen molar-refractivity contribution in [3.8, 4) is 0 Å². The highest BCUT2D eigenvalue weighted by atomic mass is 32.2. The SMILES string of the molecule is CN(C1CCCCC1)S(=O)(=O)c1ccccc1NC(=O)c1cccc(S(=O)(=O)N2CCOCC2)c1. The smallest absolute Gasteiger partial charge is 0.255 e. The summed E-state index contributed by atoms with van der Waals surface area (Å²) in [5.74, 6) is -0.591. The third-order valence-corrected chi connectivity index (χ3v) is 10.4. The highest BCUT2D eigenvalue weighted by Gasteiger charge is 2.31. The predicted octanol–water partition coefficient (Wildman–Crippen LogP) is 2.91. The van der Waals surface area contributed by atoms with Crippen molar-refractivity contribution in [3.63, 3.8) is 0 Å². The molecule has 2 aliphatic rings. The van der Waals surface area contributed by atoms with Gasteiger partial charge in [-0.15, -0.1) is 0 Å². The normalized spacial score (nSPS) is 18.5. The quantitative estimate of drug-likeness (QED) is 0.600. The number of carbonyl (C=O) groups is 1.